The molecule has 116 valence electrons. The molecule has 0 amide bonds. The Kier molecular flexibility index (Phi) is 7.87. The number of rotatable bonds is 10. The van der Waals surface area contributed by atoms with Gasteiger partial charge in [0.05, 0.1) is 12.0 Å². The number of anilines is 1. The maximum atomic E-state index is 5.34. The van der Waals surface area contributed by atoms with Gasteiger partial charge in [-0.15, -0.1) is 0 Å². The molecule has 5 nitrogen and oxygen atoms in total. The Labute approximate surface area is 126 Å². The van der Waals surface area contributed by atoms with Crippen LogP contribution in [0.15, 0.2) is 0 Å². The summed E-state index contributed by atoms with van der Waals surface area (Å²) in [4.78, 5) is 10.1. The van der Waals surface area contributed by atoms with Gasteiger partial charge in [0, 0.05) is 33.7 Å². The van der Waals surface area contributed by atoms with E-state index in [0.717, 1.165) is 42.1 Å². The van der Waals surface area contributed by atoms with E-state index >= 15 is 0 Å². The molecule has 1 rings (SSSR count). The van der Waals surface area contributed by atoms with Gasteiger partial charge in [0.25, 0.3) is 0 Å². The lowest BCUT2D eigenvalue weighted by Crippen LogP contribution is -2.32. The van der Waals surface area contributed by atoms with Crippen LogP contribution in [0, 0.1) is 0 Å². The van der Waals surface area contributed by atoms with Crippen molar-refractivity contribution in [2.75, 3.05) is 52.3 Å². The number of methoxy groups -OCH3 is 1. The van der Waals surface area contributed by atoms with Gasteiger partial charge in [-0.2, -0.15) is 4.98 Å². The highest BCUT2D eigenvalue weighted by atomic mass is 32.1. The van der Waals surface area contributed by atoms with E-state index in [9.17, 15) is 0 Å². The van der Waals surface area contributed by atoms with E-state index in [4.69, 9.17) is 4.74 Å². The monoisotopic (exact) mass is 300 g/mol. The van der Waals surface area contributed by atoms with Crippen molar-refractivity contribution in [2.24, 2.45) is 0 Å². The lowest BCUT2D eigenvalue weighted by atomic mass is 10.4. The molecule has 6 heteroatoms. The summed E-state index contributed by atoms with van der Waals surface area (Å²) in [7, 11) is 5.68. The summed E-state index contributed by atoms with van der Waals surface area (Å²) in [6.07, 6.45) is 1.21. The van der Waals surface area contributed by atoms with Gasteiger partial charge in [0.15, 0.2) is 5.13 Å². The fraction of sp³-hybridized carbons (Fsp3) is 0.786. The number of nitrogens with zero attached hydrogens (tertiary/aromatic N) is 3. The zero-order valence-corrected chi connectivity index (χ0v) is 14.2. The number of hydrogen-bond donors (Lipinski definition) is 1. The SMILES string of the molecule is CCCN(CC)CCNCc1sc(N(C)C)nc1OC. The quantitative estimate of drug-likeness (QED) is 0.670. The Bertz CT molecular complexity index is 381. The number of nitrogens with one attached hydrogen (secondary N) is 1. The van der Waals surface area contributed by atoms with Crippen LogP contribution in [0.1, 0.15) is 25.1 Å². The third-order valence-electron chi connectivity index (χ3n) is 3.10. The first-order valence-corrected chi connectivity index (χ1v) is 8.08. The smallest absolute Gasteiger partial charge is 0.230 e. The molecule has 20 heavy (non-hydrogen) atoms. The van der Waals surface area contributed by atoms with Gasteiger partial charge in [-0.25, -0.2) is 0 Å². The summed E-state index contributed by atoms with van der Waals surface area (Å²) < 4.78 is 5.34. The zero-order chi connectivity index (χ0) is 15.0. The van der Waals surface area contributed by atoms with Gasteiger partial charge in [0.1, 0.15) is 0 Å². The molecule has 0 fully saturated rings. The van der Waals surface area contributed by atoms with Crippen LogP contribution in [0.4, 0.5) is 5.13 Å². The van der Waals surface area contributed by atoms with E-state index in [1.54, 1.807) is 18.4 Å². The number of hydrogen-bond acceptors (Lipinski definition) is 6. The Morgan fingerprint density at radius 2 is 2.00 bits per heavy atom. The summed E-state index contributed by atoms with van der Waals surface area (Å²) in [6, 6.07) is 0. The lowest BCUT2D eigenvalue weighted by molar-refractivity contribution is 0.287. The first-order valence-electron chi connectivity index (χ1n) is 7.26. The first kappa shape index (κ1) is 17.2. The molecular formula is C14H28N4OS. The maximum absolute atomic E-state index is 5.34. The molecule has 0 bridgehead atoms. The topological polar surface area (TPSA) is 40.6 Å². The minimum absolute atomic E-state index is 0.743. The highest BCUT2D eigenvalue weighted by Crippen LogP contribution is 2.29. The maximum Gasteiger partial charge on any atom is 0.230 e. The van der Waals surface area contributed by atoms with E-state index in [1.807, 2.05) is 19.0 Å². The molecule has 1 heterocycles. The van der Waals surface area contributed by atoms with Crippen molar-refractivity contribution < 1.29 is 4.74 Å². The van der Waals surface area contributed by atoms with Crippen LogP contribution < -0.4 is 15.0 Å². The van der Waals surface area contributed by atoms with Crippen LogP contribution in [-0.4, -0.2) is 57.3 Å². The number of thiazole rings is 1. The van der Waals surface area contributed by atoms with Crippen molar-refractivity contribution in [1.29, 1.82) is 0 Å². The normalized spacial score (nSPS) is 11.1. The van der Waals surface area contributed by atoms with Crippen molar-refractivity contribution in [3.8, 4) is 5.88 Å². The molecule has 0 atom stereocenters. The molecule has 0 saturated heterocycles. The summed E-state index contributed by atoms with van der Waals surface area (Å²) in [5, 5.41) is 4.47. The molecule has 0 spiro atoms. The summed E-state index contributed by atoms with van der Waals surface area (Å²) in [5.41, 5.74) is 0. The highest BCUT2D eigenvalue weighted by Gasteiger charge is 2.12. The average molecular weight is 300 g/mol. The van der Waals surface area contributed by atoms with E-state index in [1.165, 1.54) is 13.0 Å². The predicted octanol–water partition coefficient (Wildman–Crippen LogP) is 2.04. The molecule has 0 aliphatic carbocycles. The van der Waals surface area contributed by atoms with Crippen molar-refractivity contribution in [3.63, 3.8) is 0 Å². The molecule has 1 aromatic rings. The van der Waals surface area contributed by atoms with Gasteiger partial charge in [-0.3, -0.25) is 0 Å². The van der Waals surface area contributed by atoms with Crippen molar-refractivity contribution >= 4 is 16.5 Å². The second kappa shape index (κ2) is 9.15. The van der Waals surface area contributed by atoms with E-state index in [2.05, 4.69) is 29.0 Å². The fourth-order valence-corrected chi connectivity index (χ4v) is 2.89. The van der Waals surface area contributed by atoms with Gasteiger partial charge in [-0.05, 0) is 19.5 Å². The Morgan fingerprint density at radius 1 is 1.25 bits per heavy atom. The van der Waals surface area contributed by atoms with E-state index in [-0.39, 0.29) is 0 Å². The van der Waals surface area contributed by atoms with Crippen LogP contribution in [0.3, 0.4) is 0 Å². The van der Waals surface area contributed by atoms with E-state index in [0.29, 0.717) is 0 Å². The van der Waals surface area contributed by atoms with Crippen LogP contribution in [0.5, 0.6) is 5.88 Å². The molecule has 0 aromatic carbocycles. The minimum atomic E-state index is 0.743. The van der Waals surface area contributed by atoms with Crippen molar-refractivity contribution in [1.82, 2.24) is 15.2 Å². The summed E-state index contributed by atoms with van der Waals surface area (Å²) >= 11 is 1.68. The standard InChI is InChI=1S/C14H28N4OS/c1-6-9-18(7-2)10-8-15-11-12-13(19-5)16-14(20-12)17(3)4/h15H,6-11H2,1-5H3. The van der Waals surface area contributed by atoms with Gasteiger partial charge in [-0.1, -0.05) is 25.2 Å². The first-order chi connectivity index (χ1) is 9.62. The average Bonchev–Trinajstić information content (AvgIpc) is 2.85. The van der Waals surface area contributed by atoms with Crippen molar-refractivity contribution in [3.05, 3.63) is 4.88 Å². The van der Waals surface area contributed by atoms with Gasteiger partial charge < -0.3 is 19.9 Å². The summed E-state index contributed by atoms with van der Waals surface area (Å²) in [6.45, 7) is 9.62. The Balaban J connectivity index is 2.41. The molecular weight excluding hydrogens is 272 g/mol. The molecule has 0 saturated carbocycles. The largest absolute Gasteiger partial charge is 0.480 e. The highest BCUT2D eigenvalue weighted by molar-refractivity contribution is 7.15. The molecule has 0 aliphatic heterocycles. The summed E-state index contributed by atoms with van der Waals surface area (Å²) in [5.74, 6) is 0.743. The molecule has 0 radical (unpaired) electrons. The third-order valence-corrected chi connectivity index (χ3v) is 4.31. The molecule has 0 aliphatic rings. The number of likely N-dealkylation sites (N-methyl/N-ethyl adjacent to an activating group) is 1. The van der Waals surface area contributed by atoms with Crippen LogP contribution in [0.25, 0.3) is 0 Å². The second-order valence-corrected chi connectivity index (χ2v) is 6.00. The minimum Gasteiger partial charge on any atom is -0.480 e. The van der Waals surface area contributed by atoms with Gasteiger partial charge >= 0.3 is 0 Å². The fourth-order valence-electron chi connectivity index (χ4n) is 1.97. The van der Waals surface area contributed by atoms with Crippen molar-refractivity contribution in [2.45, 2.75) is 26.8 Å². The molecule has 1 N–H and O–H groups in total. The zero-order valence-electron chi connectivity index (χ0n) is 13.4. The Hall–Kier alpha value is -0.850. The van der Waals surface area contributed by atoms with Crippen LogP contribution in [-0.2, 0) is 6.54 Å². The molecule has 0 unspecified atom stereocenters. The van der Waals surface area contributed by atoms with Crippen LogP contribution in [0.2, 0.25) is 0 Å². The van der Waals surface area contributed by atoms with E-state index < -0.39 is 0 Å². The lowest BCUT2D eigenvalue weighted by Gasteiger charge is -2.19. The Morgan fingerprint density at radius 3 is 2.55 bits per heavy atom. The predicted molar refractivity (Wildman–Crippen MR) is 87.1 cm³/mol. The number of ether oxygens (including phenoxy) is 1. The van der Waals surface area contributed by atoms with Crippen LogP contribution >= 0.6 is 11.3 Å². The van der Waals surface area contributed by atoms with Gasteiger partial charge in [0.2, 0.25) is 5.88 Å². The number of aromatic nitrogens is 1. The second-order valence-electron chi connectivity index (χ2n) is 4.93. The third kappa shape index (κ3) is 5.26. The molecule has 1 aromatic heterocycles.